The van der Waals surface area contributed by atoms with E-state index in [1.165, 1.54) is 44.9 Å². The zero-order valence-corrected chi connectivity index (χ0v) is 16.8. The molecule has 3 N–H and O–H groups in total. The van der Waals surface area contributed by atoms with Crippen LogP contribution < -0.4 is 5.32 Å². The maximum Gasteiger partial charge on any atom is 0.167 e. The van der Waals surface area contributed by atoms with Crippen molar-refractivity contribution < 1.29 is 14.9 Å². The summed E-state index contributed by atoms with van der Waals surface area (Å²) in [5.74, 6) is 1.46. The molecule has 5 rings (SSSR count). The highest BCUT2D eigenvalue weighted by molar-refractivity contribution is 5.82. The lowest BCUT2D eigenvalue weighted by molar-refractivity contribution is -0.0383. The molecule has 8 nitrogen and oxygen atoms in total. The number of rotatable bonds is 6. The third-order valence-electron chi connectivity index (χ3n) is 7.00. The summed E-state index contributed by atoms with van der Waals surface area (Å²) in [5, 5.41) is 24.7. The van der Waals surface area contributed by atoms with Crippen molar-refractivity contribution >= 4 is 17.0 Å². The number of aliphatic hydroxyl groups excluding tert-OH is 2. The van der Waals surface area contributed by atoms with E-state index >= 15 is 0 Å². The van der Waals surface area contributed by atoms with Crippen LogP contribution in [0.3, 0.4) is 0 Å². The molecule has 2 aliphatic carbocycles. The molecule has 29 heavy (non-hydrogen) atoms. The Hall–Kier alpha value is -1.77. The molecule has 2 aromatic heterocycles. The molecule has 1 saturated heterocycles. The Morgan fingerprint density at radius 2 is 1.72 bits per heavy atom. The summed E-state index contributed by atoms with van der Waals surface area (Å²) in [6.07, 6.45) is 12.0. The number of hydrogen-bond donors (Lipinski definition) is 3. The normalized spacial score (nSPS) is 31.2. The average Bonchev–Trinajstić information content (AvgIpc) is 3.51. The molecule has 2 aromatic rings. The van der Waals surface area contributed by atoms with Crippen molar-refractivity contribution in [1.29, 1.82) is 0 Å². The number of imidazole rings is 1. The van der Waals surface area contributed by atoms with Crippen LogP contribution >= 0.6 is 0 Å². The van der Waals surface area contributed by atoms with Crippen molar-refractivity contribution in [2.45, 2.75) is 94.8 Å². The second-order valence-electron chi connectivity index (χ2n) is 8.95. The largest absolute Gasteiger partial charge is 0.388 e. The third-order valence-corrected chi connectivity index (χ3v) is 7.00. The van der Waals surface area contributed by atoms with E-state index in [1.54, 1.807) is 10.9 Å². The minimum absolute atomic E-state index is 0.356. The molecule has 0 unspecified atom stereocenters. The van der Waals surface area contributed by atoms with Crippen molar-refractivity contribution in [2.24, 2.45) is 5.92 Å². The predicted octanol–water partition coefficient (Wildman–Crippen LogP) is 2.77. The van der Waals surface area contributed by atoms with E-state index in [1.807, 2.05) is 0 Å². The van der Waals surface area contributed by atoms with Crippen LogP contribution in [-0.4, -0.2) is 54.1 Å². The van der Waals surface area contributed by atoms with E-state index < -0.39 is 18.4 Å². The fraction of sp³-hybridized carbons (Fsp3) is 0.762. The molecule has 3 heterocycles. The van der Waals surface area contributed by atoms with Gasteiger partial charge in [-0.3, -0.25) is 4.57 Å². The van der Waals surface area contributed by atoms with Crippen LogP contribution in [0.15, 0.2) is 12.7 Å². The summed E-state index contributed by atoms with van der Waals surface area (Å²) >= 11 is 0. The fourth-order valence-electron chi connectivity index (χ4n) is 5.30. The highest BCUT2D eigenvalue weighted by Gasteiger charge is 2.44. The first-order valence-electron chi connectivity index (χ1n) is 11.2. The molecule has 0 bridgehead atoms. The van der Waals surface area contributed by atoms with Crippen LogP contribution in [0.25, 0.3) is 11.2 Å². The highest BCUT2D eigenvalue weighted by Crippen LogP contribution is 2.36. The number of fused-ring (bicyclic) bond motifs is 1. The smallest absolute Gasteiger partial charge is 0.167 e. The molecular weight excluding hydrogens is 370 g/mol. The standard InChI is InChI=1S/C21H31N5O3/c27-17-15(10-9-13-5-1-2-6-13)29-21(18(17)28)26-12-24-16-19(22-11-23-20(16)26)25-14-7-3-4-8-14/h11-15,17-18,21,27-28H,1-10H2,(H,22,23,25)/t15-,17-,18-,21-/m1/s1. The number of hydrogen-bond acceptors (Lipinski definition) is 7. The molecule has 1 aliphatic heterocycles. The molecule has 3 aliphatic rings. The Balaban J connectivity index is 1.33. The van der Waals surface area contributed by atoms with Gasteiger partial charge in [-0.25, -0.2) is 15.0 Å². The molecule has 2 saturated carbocycles. The summed E-state index contributed by atoms with van der Waals surface area (Å²) in [6.45, 7) is 0. The molecule has 3 fully saturated rings. The highest BCUT2D eigenvalue weighted by atomic mass is 16.6. The maximum atomic E-state index is 10.7. The third kappa shape index (κ3) is 3.73. The van der Waals surface area contributed by atoms with E-state index in [2.05, 4.69) is 20.3 Å². The average molecular weight is 402 g/mol. The van der Waals surface area contributed by atoms with Crippen LogP contribution in [0.5, 0.6) is 0 Å². The first-order chi connectivity index (χ1) is 14.2. The zero-order chi connectivity index (χ0) is 19.8. The predicted molar refractivity (Wildman–Crippen MR) is 108 cm³/mol. The second kappa shape index (κ2) is 8.16. The molecule has 0 spiro atoms. The number of nitrogens with one attached hydrogen (secondary N) is 1. The Bertz CT molecular complexity index is 831. The molecule has 0 aromatic carbocycles. The van der Waals surface area contributed by atoms with Crippen molar-refractivity contribution in [3.63, 3.8) is 0 Å². The SMILES string of the molecule is O[C@@H]1[C@H](O)[C@@H](CCC2CCCC2)O[C@H]1n1cnc2c(NC3CCCC3)ncnc21. The number of aromatic nitrogens is 4. The second-order valence-corrected chi connectivity index (χ2v) is 8.95. The lowest BCUT2D eigenvalue weighted by atomic mass is 9.97. The van der Waals surface area contributed by atoms with Gasteiger partial charge in [-0.2, -0.15) is 0 Å². The van der Waals surface area contributed by atoms with Crippen LogP contribution in [0.4, 0.5) is 5.82 Å². The molecule has 0 amide bonds. The van der Waals surface area contributed by atoms with Crippen LogP contribution in [0, 0.1) is 5.92 Å². The lowest BCUT2D eigenvalue weighted by Gasteiger charge is -2.17. The van der Waals surface area contributed by atoms with Crippen LogP contribution in [-0.2, 0) is 4.74 Å². The van der Waals surface area contributed by atoms with Gasteiger partial charge in [0, 0.05) is 6.04 Å². The van der Waals surface area contributed by atoms with Crippen molar-refractivity contribution in [3.05, 3.63) is 12.7 Å². The Morgan fingerprint density at radius 3 is 2.52 bits per heavy atom. The fourth-order valence-corrected chi connectivity index (χ4v) is 5.30. The summed E-state index contributed by atoms with van der Waals surface area (Å²) in [6, 6.07) is 0.424. The van der Waals surface area contributed by atoms with Gasteiger partial charge in [0.05, 0.1) is 12.4 Å². The molecule has 158 valence electrons. The molecule has 0 radical (unpaired) electrons. The van der Waals surface area contributed by atoms with E-state index in [9.17, 15) is 10.2 Å². The number of nitrogens with zero attached hydrogens (tertiary/aromatic N) is 4. The molecular formula is C21H31N5O3. The van der Waals surface area contributed by atoms with Gasteiger partial charge in [-0.15, -0.1) is 0 Å². The van der Waals surface area contributed by atoms with Crippen LogP contribution in [0.1, 0.15) is 70.4 Å². The summed E-state index contributed by atoms with van der Waals surface area (Å²) in [5.41, 5.74) is 1.30. The quantitative estimate of drug-likeness (QED) is 0.683. The zero-order valence-electron chi connectivity index (χ0n) is 16.8. The Labute approximate surface area is 170 Å². The number of aliphatic hydroxyl groups is 2. The lowest BCUT2D eigenvalue weighted by Crippen LogP contribution is -2.31. The molecule has 8 heteroatoms. The van der Waals surface area contributed by atoms with Crippen molar-refractivity contribution in [1.82, 2.24) is 19.5 Å². The van der Waals surface area contributed by atoms with Gasteiger partial charge in [0.1, 0.15) is 18.5 Å². The Morgan fingerprint density at radius 1 is 0.966 bits per heavy atom. The van der Waals surface area contributed by atoms with Gasteiger partial charge in [0.15, 0.2) is 23.2 Å². The minimum atomic E-state index is -0.998. The van der Waals surface area contributed by atoms with E-state index in [0.717, 1.165) is 37.4 Å². The Kier molecular flexibility index (Phi) is 5.41. The van der Waals surface area contributed by atoms with Crippen LogP contribution in [0.2, 0.25) is 0 Å². The first kappa shape index (κ1) is 19.2. The minimum Gasteiger partial charge on any atom is -0.388 e. The summed E-state index contributed by atoms with van der Waals surface area (Å²) in [4.78, 5) is 13.3. The van der Waals surface area contributed by atoms with E-state index in [-0.39, 0.29) is 6.10 Å². The summed E-state index contributed by atoms with van der Waals surface area (Å²) in [7, 11) is 0. The van der Waals surface area contributed by atoms with Crippen molar-refractivity contribution in [3.8, 4) is 0 Å². The van der Waals surface area contributed by atoms with Gasteiger partial charge in [-0.1, -0.05) is 38.5 Å². The van der Waals surface area contributed by atoms with Gasteiger partial charge in [-0.05, 0) is 31.6 Å². The van der Waals surface area contributed by atoms with Gasteiger partial charge in [0.25, 0.3) is 0 Å². The topological polar surface area (TPSA) is 105 Å². The van der Waals surface area contributed by atoms with Gasteiger partial charge < -0.3 is 20.3 Å². The van der Waals surface area contributed by atoms with Crippen molar-refractivity contribution in [2.75, 3.05) is 5.32 Å². The number of ether oxygens (including phenoxy) is 1. The number of anilines is 1. The molecule has 4 atom stereocenters. The maximum absolute atomic E-state index is 10.7. The van der Waals surface area contributed by atoms with E-state index in [0.29, 0.717) is 17.2 Å². The summed E-state index contributed by atoms with van der Waals surface area (Å²) < 4.78 is 7.85. The monoisotopic (exact) mass is 401 g/mol. The van der Waals surface area contributed by atoms with Gasteiger partial charge in [0.2, 0.25) is 0 Å². The van der Waals surface area contributed by atoms with E-state index in [4.69, 9.17) is 4.74 Å². The van der Waals surface area contributed by atoms with Gasteiger partial charge >= 0.3 is 0 Å². The first-order valence-corrected chi connectivity index (χ1v) is 11.2.